The number of rotatable bonds is 6. The molecule has 15 heavy (non-hydrogen) atoms. The average Bonchev–Trinajstić information content (AvgIpc) is 2.27. The minimum Gasteiger partial charge on any atom is -0.549 e. The molecular formula is C10H23NO3S. The zero-order chi connectivity index (χ0) is 12.3. The summed E-state index contributed by atoms with van der Waals surface area (Å²) in [6, 6.07) is 0. The first kappa shape index (κ1) is 17.1. The molecule has 0 unspecified atom stereocenters. The number of aliphatic hydroxyl groups is 1. The largest absolute Gasteiger partial charge is 0.549 e. The van der Waals surface area contributed by atoms with E-state index < -0.39 is 5.97 Å². The molecule has 0 aliphatic carbocycles. The van der Waals surface area contributed by atoms with Crippen molar-refractivity contribution >= 4 is 18.6 Å². The third-order valence-electron chi connectivity index (χ3n) is 2.72. The molecular weight excluding hydrogens is 214 g/mol. The molecule has 0 bridgehead atoms. The van der Waals surface area contributed by atoms with Gasteiger partial charge in [0.1, 0.15) is 6.54 Å². The van der Waals surface area contributed by atoms with Crippen LogP contribution in [0.15, 0.2) is 0 Å². The van der Waals surface area contributed by atoms with Gasteiger partial charge in [0.15, 0.2) is 0 Å². The Morgan fingerprint density at radius 1 is 1.27 bits per heavy atom. The average molecular weight is 237 g/mol. The van der Waals surface area contributed by atoms with Crippen molar-refractivity contribution in [3.05, 3.63) is 0 Å². The number of likely N-dealkylation sites (N-methyl/N-ethyl adjacent to an activating group) is 1. The van der Waals surface area contributed by atoms with E-state index in [2.05, 4.69) is 33.4 Å². The molecule has 0 amide bonds. The second kappa shape index (κ2) is 10.3. The van der Waals surface area contributed by atoms with Gasteiger partial charge in [0.05, 0.1) is 32.2 Å². The van der Waals surface area contributed by atoms with Crippen LogP contribution in [-0.4, -0.2) is 54.1 Å². The first-order valence-electron chi connectivity index (χ1n) is 5.28. The Labute approximate surface area is 97.9 Å². The molecule has 0 aromatic rings. The number of thiol groups is 1. The van der Waals surface area contributed by atoms with Crippen molar-refractivity contribution in [2.45, 2.75) is 20.8 Å². The number of nitrogens with zero attached hydrogens (tertiary/aromatic N) is 1. The van der Waals surface area contributed by atoms with Crippen LogP contribution in [0.2, 0.25) is 0 Å². The standard InChI is InChI=1S/C8H20NO.C2H4O2S/c1-4-9(5-2,6-3)7-8-10;3-2(4)1-5/h10H,4-8H2,1-3H3;5H,1H2,(H,3,4)/q+1;/p-1. The molecule has 0 saturated carbocycles. The molecule has 5 heteroatoms. The Balaban J connectivity index is 0. The number of carboxylic acid groups (broad SMARTS) is 1. The lowest BCUT2D eigenvalue weighted by Gasteiger charge is -2.34. The number of carbonyl (C=O) groups is 1. The predicted octanol–water partition coefficient (Wildman–Crippen LogP) is -0.479. The van der Waals surface area contributed by atoms with E-state index in [1.165, 1.54) is 0 Å². The number of carbonyl (C=O) groups excluding carboxylic acids is 1. The third-order valence-corrected chi connectivity index (χ3v) is 2.97. The molecule has 0 heterocycles. The first-order valence-corrected chi connectivity index (χ1v) is 5.91. The van der Waals surface area contributed by atoms with Crippen molar-refractivity contribution < 1.29 is 19.5 Å². The van der Waals surface area contributed by atoms with Crippen LogP contribution in [0, 0.1) is 0 Å². The highest BCUT2D eigenvalue weighted by atomic mass is 32.1. The lowest BCUT2D eigenvalue weighted by molar-refractivity contribution is -0.923. The summed E-state index contributed by atoms with van der Waals surface area (Å²) < 4.78 is 1.05. The van der Waals surface area contributed by atoms with Crippen molar-refractivity contribution in [3.8, 4) is 0 Å². The van der Waals surface area contributed by atoms with Gasteiger partial charge in [-0.15, -0.1) is 0 Å². The molecule has 0 saturated heterocycles. The number of hydrogen-bond donors (Lipinski definition) is 2. The molecule has 0 atom stereocenters. The molecule has 0 aliphatic rings. The molecule has 0 aliphatic heterocycles. The number of carboxylic acids is 1. The van der Waals surface area contributed by atoms with E-state index >= 15 is 0 Å². The van der Waals surface area contributed by atoms with E-state index in [0.29, 0.717) is 6.61 Å². The maximum atomic E-state index is 9.18. The van der Waals surface area contributed by atoms with Crippen molar-refractivity contribution in [3.63, 3.8) is 0 Å². The van der Waals surface area contributed by atoms with E-state index in [1.807, 2.05) is 0 Å². The van der Waals surface area contributed by atoms with Gasteiger partial charge in [0, 0.05) is 5.75 Å². The summed E-state index contributed by atoms with van der Waals surface area (Å²) in [6.07, 6.45) is 0. The second-order valence-corrected chi connectivity index (χ2v) is 3.58. The summed E-state index contributed by atoms with van der Waals surface area (Å²) in [6.45, 7) is 11.2. The van der Waals surface area contributed by atoms with Crippen LogP contribution in [0.5, 0.6) is 0 Å². The van der Waals surface area contributed by atoms with Gasteiger partial charge in [-0.25, -0.2) is 0 Å². The van der Waals surface area contributed by atoms with Gasteiger partial charge in [0.25, 0.3) is 0 Å². The summed E-state index contributed by atoms with van der Waals surface area (Å²) in [5.74, 6) is -1.33. The topological polar surface area (TPSA) is 60.4 Å². The zero-order valence-electron chi connectivity index (χ0n) is 9.90. The number of hydrogen-bond acceptors (Lipinski definition) is 4. The van der Waals surface area contributed by atoms with Crippen LogP contribution >= 0.6 is 12.6 Å². The maximum absolute atomic E-state index is 9.18. The van der Waals surface area contributed by atoms with Crippen LogP contribution < -0.4 is 5.11 Å². The van der Waals surface area contributed by atoms with E-state index in [4.69, 9.17) is 5.11 Å². The van der Waals surface area contributed by atoms with Gasteiger partial charge < -0.3 is 19.5 Å². The van der Waals surface area contributed by atoms with Crippen molar-refractivity contribution in [1.82, 2.24) is 0 Å². The summed E-state index contributed by atoms with van der Waals surface area (Å²) in [5.41, 5.74) is 0. The van der Waals surface area contributed by atoms with Crippen molar-refractivity contribution in [2.75, 3.05) is 38.5 Å². The molecule has 0 rings (SSSR count). The minimum atomic E-state index is -1.13. The first-order chi connectivity index (χ1) is 7.01. The molecule has 92 valence electrons. The zero-order valence-corrected chi connectivity index (χ0v) is 10.8. The van der Waals surface area contributed by atoms with E-state index in [0.717, 1.165) is 30.7 Å². The van der Waals surface area contributed by atoms with Gasteiger partial charge in [-0.2, -0.15) is 12.6 Å². The van der Waals surface area contributed by atoms with Crippen LogP contribution in [0.25, 0.3) is 0 Å². The van der Waals surface area contributed by atoms with E-state index in [9.17, 15) is 9.90 Å². The normalized spacial score (nSPS) is 10.5. The van der Waals surface area contributed by atoms with Gasteiger partial charge in [0.2, 0.25) is 0 Å². The highest BCUT2D eigenvalue weighted by Crippen LogP contribution is 2.03. The van der Waals surface area contributed by atoms with Gasteiger partial charge in [-0.3, -0.25) is 0 Å². The lowest BCUT2D eigenvalue weighted by atomic mass is 10.3. The van der Waals surface area contributed by atoms with Gasteiger partial charge in [-0.1, -0.05) is 0 Å². The molecule has 0 aromatic carbocycles. The maximum Gasteiger partial charge on any atom is 0.102 e. The lowest BCUT2D eigenvalue weighted by Crippen LogP contribution is -2.49. The van der Waals surface area contributed by atoms with Crippen LogP contribution in [0.3, 0.4) is 0 Å². The molecule has 0 radical (unpaired) electrons. The molecule has 4 nitrogen and oxygen atoms in total. The highest BCUT2D eigenvalue weighted by Gasteiger charge is 2.18. The predicted molar refractivity (Wildman–Crippen MR) is 62.7 cm³/mol. The second-order valence-electron chi connectivity index (χ2n) is 3.27. The molecule has 1 N–H and O–H groups in total. The van der Waals surface area contributed by atoms with E-state index in [1.54, 1.807) is 0 Å². The van der Waals surface area contributed by atoms with E-state index in [-0.39, 0.29) is 5.75 Å². The minimum absolute atomic E-state index is 0.194. The number of aliphatic hydroxyl groups excluding tert-OH is 1. The Morgan fingerprint density at radius 3 is 1.67 bits per heavy atom. The summed E-state index contributed by atoms with van der Waals surface area (Å²) >= 11 is 3.35. The highest BCUT2D eigenvalue weighted by molar-refractivity contribution is 7.81. The fraction of sp³-hybridized carbons (Fsp3) is 0.900. The summed E-state index contributed by atoms with van der Waals surface area (Å²) in [5, 5.41) is 18.0. The Kier molecular flexibility index (Phi) is 11.7. The van der Waals surface area contributed by atoms with Gasteiger partial charge >= 0.3 is 0 Å². The fourth-order valence-electron chi connectivity index (χ4n) is 1.36. The Hall–Kier alpha value is -0.260. The van der Waals surface area contributed by atoms with Crippen LogP contribution in [-0.2, 0) is 4.79 Å². The Morgan fingerprint density at radius 2 is 1.60 bits per heavy atom. The summed E-state index contributed by atoms with van der Waals surface area (Å²) in [4.78, 5) is 9.18. The SMILES string of the molecule is CC[N+](CC)(CC)CCO.O=C([O-])CS. The number of quaternary nitrogens is 1. The quantitative estimate of drug-likeness (QED) is 0.484. The number of aliphatic carboxylic acids is 1. The molecule has 0 spiro atoms. The smallest absolute Gasteiger partial charge is 0.102 e. The van der Waals surface area contributed by atoms with Crippen molar-refractivity contribution in [1.29, 1.82) is 0 Å². The van der Waals surface area contributed by atoms with Crippen molar-refractivity contribution in [2.24, 2.45) is 0 Å². The van der Waals surface area contributed by atoms with Crippen LogP contribution in [0.4, 0.5) is 0 Å². The fourth-order valence-corrected chi connectivity index (χ4v) is 1.36. The summed E-state index contributed by atoms with van der Waals surface area (Å²) in [7, 11) is 0. The van der Waals surface area contributed by atoms with Gasteiger partial charge in [-0.05, 0) is 20.8 Å². The monoisotopic (exact) mass is 237 g/mol. The van der Waals surface area contributed by atoms with Crippen LogP contribution in [0.1, 0.15) is 20.8 Å². The molecule has 0 aromatic heterocycles. The Bertz CT molecular complexity index is 152. The molecule has 0 fully saturated rings. The third kappa shape index (κ3) is 8.72.